The van der Waals surface area contributed by atoms with E-state index in [0.717, 1.165) is 5.56 Å². The van der Waals surface area contributed by atoms with Crippen molar-refractivity contribution in [3.63, 3.8) is 0 Å². The topological polar surface area (TPSA) is 148 Å². The number of aromatic nitrogens is 1. The molecule has 3 aromatic carbocycles. The van der Waals surface area contributed by atoms with Crippen LogP contribution in [-0.2, 0) is 26.5 Å². The Balaban J connectivity index is 1.44. The first-order valence-electron chi connectivity index (χ1n) is 9.82. The number of ether oxygens (including phenoxy) is 1. The highest BCUT2D eigenvalue weighted by molar-refractivity contribution is 7.93. The summed E-state index contributed by atoms with van der Waals surface area (Å²) in [6.45, 7) is 0. The fourth-order valence-corrected chi connectivity index (χ4v) is 6.03. The van der Waals surface area contributed by atoms with Crippen LogP contribution in [0.2, 0.25) is 5.02 Å². The number of para-hydroxylation sites is 1. The van der Waals surface area contributed by atoms with Gasteiger partial charge in [-0.2, -0.15) is 0 Å². The van der Waals surface area contributed by atoms with E-state index < -0.39 is 31.2 Å². The second kappa shape index (κ2) is 8.08. The summed E-state index contributed by atoms with van der Waals surface area (Å²) in [7, 11) is -8.27. The number of anilines is 2. The van der Waals surface area contributed by atoms with Crippen LogP contribution in [0.3, 0.4) is 0 Å². The summed E-state index contributed by atoms with van der Waals surface area (Å²) < 4.78 is 67.2. The molecule has 3 N–H and O–H groups in total. The molecule has 0 saturated heterocycles. The van der Waals surface area contributed by atoms with Gasteiger partial charge < -0.3 is 9.15 Å². The summed E-state index contributed by atoms with van der Waals surface area (Å²) in [4.78, 5) is 13.6. The van der Waals surface area contributed by atoms with E-state index in [1.165, 1.54) is 36.4 Å². The molecule has 13 heteroatoms. The summed E-state index contributed by atoms with van der Waals surface area (Å²) >= 11 is 6.05. The molecule has 0 bridgehead atoms. The normalized spacial score (nSPS) is 15.6. The number of hydrogen-bond acceptors (Lipinski definition) is 7. The zero-order valence-corrected chi connectivity index (χ0v) is 19.5. The number of aromatic amines is 1. The molecule has 2 heterocycles. The highest BCUT2D eigenvalue weighted by Crippen LogP contribution is 2.34. The number of oxazole rings is 1. The Kier molecular flexibility index (Phi) is 5.30. The van der Waals surface area contributed by atoms with Crippen LogP contribution in [0.5, 0.6) is 5.75 Å². The zero-order chi connectivity index (χ0) is 24.1. The lowest BCUT2D eigenvalue weighted by atomic mass is 10.2. The van der Waals surface area contributed by atoms with E-state index in [-0.39, 0.29) is 33.3 Å². The lowest BCUT2D eigenvalue weighted by Crippen LogP contribution is -2.31. The van der Waals surface area contributed by atoms with Crippen molar-refractivity contribution in [1.29, 1.82) is 0 Å². The first-order valence-corrected chi connectivity index (χ1v) is 13.2. The molecule has 5 rings (SSSR count). The number of halogens is 1. The first-order chi connectivity index (χ1) is 16.1. The SMILES string of the molecule is O=c1[nH]c2ccc(S(=O)(=O)Nc3ccc(Cl)cc3NS(=O)(=O)C3Cc4ccccc4O3)cc2o1. The summed E-state index contributed by atoms with van der Waals surface area (Å²) in [6, 6.07) is 14.8. The van der Waals surface area contributed by atoms with Gasteiger partial charge in [0.05, 0.1) is 21.8 Å². The van der Waals surface area contributed by atoms with Crippen LogP contribution in [0.1, 0.15) is 5.56 Å². The van der Waals surface area contributed by atoms with E-state index >= 15 is 0 Å². The van der Waals surface area contributed by atoms with Crippen molar-refractivity contribution in [1.82, 2.24) is 4.98 Å². The number of rotatable bonds is 6. The predicted octanol–water partition coefficient (Wildman–Crippen LogP) is 3.28. The van der Waals surface area contributed by atoms with Gasteiger partial charge in [-0.15, -0.1) is 0 Å². The monoisotopic (exact) mass is 521 g/mol. The first kappa shape index (κ1) is 22.3. The van der Waals surface area contributed by atoms with Gasteiger partial charge in [0.1, 0.15) is 5.75 Å². The molecular weight excluding hydrogens is 506 g/mol. The number of fused-ring (bicyclic) bond motifs is 2. The number of hydrogen-bond donors (Lipinski definition) is 3. The van der Waals surface area contributed by atoms with Crippen molar-refractivity contribution < 1.29 is 26.0 Å². The van der Waals surface area contributed by atoms with E-state index in [9.17, 15) is 21.6 Å². The molecule has 4 aromatic rings. The molecule has 176 valence electrons. The van der Waals surface area contributed by atoms with Gasteiger partial charge in [0.15, 0.2) is 5.58 Å². The molecule has 0 saturated carbocycles. The fraction of sp³-hybridized carbons (Fsp3) is 0.0952. The molecule has 1 aromatic heterocycles. The molecule has 0 fully saturated rings. The third kappa shape index (κ3) is 4.22. The van der Waals surface area contributed by atoms with Crippen LogP contribution in [0.15, 0.2) is 74.8 Å². The van der Waals surface area contributed by atoms with Crippen LogP contribution >= 0.6 is 11.6 Å². The van der Waals surface area contributed by atoms with Crippen LogP contribution in [0, 0.1) is 0 Å². The standard InChI is InChI=1S/C21H16ClN3O7S2/c22-13-5-7-15(24-33(27,28)14-6-8-16-19(11-14)32-21(26)23-16)17(10-13)25-34(29,30)20-9-12-3-1-2-4-18(12)31-20/h1-8,10-11,20,24-25H,9H2,(H,23,26). The highest BCUT2D eigenvalue weighted by atomic mass is 35.5. The van der Waals surface area contributed by atoms with Gasteiger partial charge >= 0.3 is 5.76 Å². The number of sulfonamides is 2. The van der Waals surface area contributed by atoms with Gasteiger partial charge in [0, 0.05) is 17.5 Å². The molecule has 0 amide bonds. The van der Waals surface area contributed by atoms with Crippen LogP contribution < -0.4 is 19.9 Å². The molecule has 34 heavy (non-hydrogen) atoms. The number of nitrogens with one attached hydrogen (secondary N) is 3. The molecule has 1 unspecified atom stereocenters. The van der Waals surface area contributed by atoms with Gasteiger partial charge in [-0.1, -0.05) is 29.8 Å². The quantitative estimate of drug-likeness (QED) is 0.352. The van der Waals surface area contributed by atoms with Crippen molar-refractivity contribution in [2.75, 3.05) is 9.44 Å². The van der Waals surface area contributed by atoms with Gasteiger partial charge in [-0.3, -0.25) is 14.4 Å². The minimum absolute atomic E-state index is 0.0564. The summed E-state index contributed by atoms with van der Waals surface area (Å²) in [5.41, 5.74) is -0.197. The summed E-state index contributed by atoms with van der Waals surface area (Å²) in [5, 5.41) is 0.187. The second-order valence-electron chi connectivity index (χ2n) is 7.47. The Hall–Kier alpha value is -3.48. The lowest BCUT2D eigenvalue weighted by molar-refractivity contribution is 0.307. The van der Waals surface area contributed by atoms with Gasteiger partial charge in [0.2, 0.25) is 5.44 Å². The Morgan fingerprint density at radius 3 is 2.53 bits per heavy atom. The zero-order valence-electron chi connectivity index (χ0n) is 17.1. The minimum atomic E-state index is -4.18. The maximum Gasteiger partial charge on any atom is 0.417 e. The average Bonchev–Trinajstić information content (AvgIpc) is 3.38. The van der Waals surface area contributed by atoms with Gasteiger partial charge in [-0.05, 0) is 42.0 Å². The van der Waals surface area contributed by atoms with Crippen molar-refractivity contribution in [2.24, 2.45) is 0 Å². The van der Waals surface area contributed by atoms with Crippen LogP contribution in [0.25, 0.3) is 11.1 Å². The number of H-pyrrole nitrogens is 1. The summed E-state index contributed by atoms with van der Waals surface area (Å²) in [6.07, 6.45) is 0.134. The maximum absolute atomic E-state index is 13.0. The largest absolute Gasteiger partial charge is 0.472 e. The van der Waals surface area contributed by atoms with Gasteiger partial charge in [0.25, 0.3) is 20.0 Å². The Labute approximate surface area is 198 Å². The van der Waals surface area contributed by atoms with E-state index in [4.69, 9.17) is 20.8 Å². The highest BCUT2D eigenvalue weighted by Gasteiger charge is 2.34. The van der Waals surface area contributed by atoms with Crippen molar-refractivity contribution >= 4 is 54.1 Å². The maximum atomic E-state index is 13.0. The lowest BCUT2D eigenvalue weighted by Gasteiger charge is -2.17. The molecule has 1 aliphatic heterocycles. The molecule has 0 radical (unpaired) electrons. The van der Waals surface area contributed by atoms with Crippen molar-refractivity contribution in [2.45, 2.75) is 16.8 Å². The van der Waals surface area contributed by atoms with Crippen molar-refractivity contribution in [3.8, 4) is 5.75 Å². The third-order valence-electron chi connectivity index (χ3n) is 5.14. The second-order valence-corrected chi connectivity index (χ2v) is 11.4. The Morgan fingerprint density at radius 2 is 1.74 bits per heavy atom. The molecule has 0 aliphatic carbocycles. The number of benzene rings is 3. The van der Waals surface area contributed by atoms with E-state index in [2.05, 4.69) is 14.4 Å². The fourth-order valence-electron chi connectivity index (χ4n) is 3.53. The van der Waals surface area contributed by atoms with Crippen LogP contribution in [-0.4, -0.2) is 27.3 Å². The Bertz CT molecular complexity index is 1670. The molecule has 10 nitrogen and oxygen atoms in total. The Morgan fingerprint density at radius 1 is 0.941 bits per heavy atom. The molecule has 1 aliphatic rings. The minimum Gasteiger partial charge on any atom is -0.472 e. The molecule has 1 atom stereocenters. The molecular formula is C21H16ClN3O7S2. The third-order valence-corrected chi connectivity index (χ3v) is 8.20. The van der Waals surface area contributed by atoms with Crippen LogP contribution in [0.4, 0.5) is 11.4 Å². The van der Waals surface area contributed by atoms with Crippen molar-refractivity contribution in [3.05, 3.63) is 81.8 Å². The molecule has 0 spiro atoms. The average molecular weight is 522 g/mol. The van der Waals surface area contributed by atoms with E-state index in [0.29, 0.717) is 11.3 Å². The summed E-state index contributed by atoms with van der Waals surface area (Å²) in [5.74, 6) is -0.250. The van der Waals surface area contributed by atoms with Gasteiger partial charge in [-0.25, -0.2) is 21.6 Å². The van der Waals surface area contributed by atoms with E-state index in [1.807, 2.05) is 0 Å². The smallest absolute Gasteiger partial charge is 0.417 e. The predicted molar refractivity (Wildman–Crippen MR) is 126 cm³/mol. The van der Waals surface area contributed by atoms with E-state index in [1.54, 1.807) is 24.3 Å².